The Hall–Kier alpha value is -2.62. The van der Waals surface area contributed by atoms with E-state index in [9.17, 15) is 9.59 Å². The van der Waals surface area contributed by atoms with E-state index in [1.165, 1.54) is 5.56 Å². The fourth-order valence-corrected chi connectivity index (χ4v) is 3.91. The van der Waals surface area contributed by atoms with Crippen LogP contribution in [-0.2, 0) is 15.0 Å². The molecule has 4 heteroatoms. The Labute approximate surface area is 174 Å². The molecule has 2 amide bonds. The Bertz CT molecular complexity index is 907. The summed E-state index contributed by atoms with van der Waals surface area (Å²) in [7, 11) is 0. The Morgan fingerprint density at radius 2 is 1.76 bits per heavy atom. The first-order valence-corrected chi connectivity index (χ1v) is 10.4. The van der Waals surface area contributed by atoms with Gasteiger partial charge in [0, 0.05) is 24.3 Å². The minimum absolute atomic E-state index is 0.0180. The number of aryl methyl sites for hydroxylation is 1. The molecule has 29 heavy (non-hydrogen) atoms. The van der Waals surface area contributed by atoms with Crippen molar-refractivity contribution in [3.8, 4) is 0 Å². The Morgan fingerprint density at radius 3 is 2.34 bits per heavy atom. The van der Waals surface area contributed by atoms with Crippen molar-refractivity contribution in [3.05, 3.63) is 59.2 Å². The maximum absolute atomic E-state index is 12.8. The van der Waals surface area contributed by atoms with Crippen LogP contribution < -0.4 is 10.2 Å². The summed E-state index contributed by atoms with van der Waals surface area (Å²) in [5, 5.41) is 2.99. The average Bonchev–Trinajstić information content (AvgIpc) is 3.02. The average molecular weight is 393 g/mol. The second-order valence-corrected chi connectivity index (χ2v) is 9.39. The smallest absolute Gasteiger partial charge is 0.229 e. The summed E-state index contributed by atoms with van der Waals surface area (Å²) >= 11 is 0. The van der Waals surface area contributed by atoms with E-state index in [0.29, 0.717) is 12.5 Å². The van der Waals surface area contributed by atoms with Crippen molar-refractivity contribution in [1.29, 1.82) is 0 Å². The van der Waals surface area contributed by atoms with Gasteiger partial charge in [-0.2, -0.15) is 0 Å². The molecule has 2 aromatic carbocycles. The summed E-state index contributed by atoms with van der Waals surface area (Å²) in [5.41, 5.74) is 5.26. The molecule has 1 heterocycles. The van der Waals surface area contributed by atoms with Crippen LogP contribution in [0.3, 0.4) is 0 Å². The summed E-state index contributed by atoms with van der Waals surface area (Å²) < 4.78 is 0. The van der Waals surface area contributed by atoms with Crippen LogP contribution in [0.5, 0.6) is 0 Å². The molecule has 0 bridgehead atoms. The summed E-state index contributed by atoms with van der Waals surface area (Å²) in [5.74, 6) is -0.107. The van der Waals surface area contributed by atoms with E-state index in [-0.39, 0.29) is 29.6 Å². The first kappa shape index (κ1) is 21.1. The number of carbonyl (C=O) groups excluding carboxylic acids is 2. The lowest BCUT2D eigenvalue weighted by Gasteiger charge is -2.24. The second kappa shape index (κ2) is 8.02. The fraction of sp³-hybridized carbons (Fsp3) is 0.440. The molecule has 3 rings (SSSR count). The largest absolute Gasteiger partial charge is 0.326 e. The standard InChI is InChI=1S/C25H32N2O2/c1-16(2)21-9-7-8-17(3)23(21)27-15-18(14-22(27)28)24(29)26-20-12-10-19(11-13-20)25(4,5)6/h7-13,16,18H,14-15H2,1-6H3,(H,26,29). The van der Waals surface area contributed by atoms with Crippen molar-refractivity contribution >= 4 is 23.2 Å². The van der Waals surface area contributed by atoms with Gasteiger partial charge in [0.05, 0.1) is 5.92 Å². The molecular formula is C25H32N2O2. The molecule has 2 aromatic rings. The van der Waals surface area contributed by atoms with Crippen molar-refractivity contribution in [2.75, 3.05) is 16.8 Å². The quantitative estimate of drug-likeness (QED) is 0.756. The molecule has 0 aliphatic carbocycles. The lowest BCUT2D eigenvalue weighted by atomic mass is 9.87. The van der Waals surface area contributed by atoms with E-state index >= 15 is 0 Å². The van der Waals surface area contributed by atoms with E-state index in [4.69, 9.17) is 0 Å². The van der Waals surface area contributed by atoms with Gasteiger partial charge in [0.2, 0.25) is 11.8 Å². The first-order valence-electron chi connectivity index (χ1n) is 10.4. The number of benzene rings is 2. The molecule has 1 aliphatic heterocycles. The molecular weight excluding hydrogens is 360 g/mol. The highest BCUT2D eigenvalue weighted by Gasteiger charge is 2.36. The third-order valence-corrected chi connectivity index (χ3v) is 5.68. The van der Waals surface area contributed by atoms with E-state index < -0.39 is 0 Å². The number of amides is 2. The third-order valence-electron chi connectivity index (χ3n) is 5.68. The third kappa shape index (κ3) is 4.52. The zero-order valence-electron chi connectivity index (χ0n) is 18.4. The zero-order valence-corrected chi connectivity index (χ0v) is 18.4. The van der Waals surface area contributed by atoms with Crippen molar-refractivity contribution in [1.82, 2.24) is 0 Å². The van der Waals surface area contributed by atoms with Gasteiger partial charge in [-0.3, -0.25) is 9.59 Å². The molecule has 1 atom stereocenters. The van der Waals surface area contributed by atoms with Crippen molar-refractivity contribution < 1.29 is 9.59 Å². The molecule has 4 nitrogen and oxygen atoms in total. The zero-order chi connectivity index (χ0) is 21.3. The maximum atomic E-state index is 12.8. The van der Waals surface area contributed by atoms with Crippen LogP contribution in [-0.4, -0.2) is 18.4 Å². The summed E-state index contributed by atoms with van der Waals surface area (Å²) in [6.07, 6.45) is 0.248. The molecule has 0 aromatic heterocycles. The van der Waals surface area contributed by atoms with Crippen LogP contribution in [0.1, 0.15) is 63.6 Å². The van der Waals surface area contributed by atoms with E-state index in [1.54, 1.807) is 4.90 Å². The highest BCUT2D eigenvalue weighted by molar-refractivity contribution is 6.04. The van der Waals surface area contributed by atoms with Gasteiger partial charge in [0.25, 0.3) is 0 Å². The molecule has 1 N–H and O–H groups in total. The van der Waals surface area contributed by atoms with Crippen LogP contribution in [0, 0.1) is 12.8 Å². The van der Waals surface area contributed by atoms with Crippen molar-refractivity contribution in [2.24, 2.45) is 5.92 Å². The molecule has 0 radical (unpaired) electrons. The molecule has 1 saturated heterocycles. The van der Waals surface area contributed by atoms with Crippen LogP contribution in [0.4, 0.5) is 11.4 Å². The van der Waals surface area contributed by atoms with Gasteiger partial charge in [0.15, 0.2) is 0 Å². The molecule has 0 spiro atoms. The number of nitrogens with one attached hydrogen (secondary N) is 1. The van der Waals surface area contributed by atoms with Gasteiger partial charge >= 0.3 is 0 Å². The SMILES string of the molecule is Cc1cccc(C(C)C)c1N1CC(C(=O)Nc2ccc(C(C)(C)C)cc2)CC1=O. The summed E-state index contributed by atoms with van der Waals surface area (Å²) in [6, 6.07) is 14.1. The first-order chi connectivity index (χ1) is 13.6. The molecule has 0 saturated carbocycles. The topological polar surface area (TPSA) is 49.4 Å². The molecule has 1 fully saturated rings. The van der Waals surface area contributed by atoms with Crippen LogP contribution in [0.15, 0.2) is 42.5 Å². The monoisotopic (exact) mass is 392 g/mol. The second-order valence-electron chi connectivity index (χ2n) is 9.39. The van der Waals surface area contributed by atoms with E-state index in [1.807, 2.05) is 43.3 Å². The number of hydrogen-bond donors (Lipinski definition) is 1. The van der Waals surface area contributed by atoms with Gasteiger partial charge in [-0.05, 0) is 47.1 Å². The molecule has 1 unspecified atom stereocenters. The Morgan fingerprint density at radius 1 is 1.10 bits per heavy atom. The van der Waals surface area contributed by atoms with Gasteiger partial charge < -0.3 is 10.2 Å². The number of nitrogens with zero attached hydrogens (tertiary/aromatic N) is 1. The number of anilines is 2. The molecule has 154 valence electrons. The highest BCUT2D eigenvalue weighted by Crippen LogP contribution is 2.35. The van der Waals surface area contributed by atoms with Crippen LogP contribution in [0.25, 0.3) is 0 Å². The summed E-state index contributed by atoms with van der Waals surface area (Å²) in [6.45, 7) is 13.2. The normalized spacial score (nSPS) is 17.1. The van der Waals surface area contributed by atoms with Gasteiger partial charge in [-0.15, -0.1) is 0 Å². The van der Waals surface area contributed by atoms with Gasteiger partial charge in [0.1, 0.15) is 0 Å². The van der Waals surface area contributed by atoms with E-state index in [0.717, 1.165) is 22.5 Å². The lowest BCUT2D eigenvalue weighted by Crippen LogP contribution is -2.29. The Kier molecular flexibility index (Phi) is 5.83. The van der Waals surface area contributed by atoms with Crippen molar-refractivity contribution in [2.45, 2.75) is 59.3 Å². The highest BCUT2D eigenvalue weighted by atomic mass is 16.2. The fourth-order valence-electron chi connectivity index (χ4n) is 3.91. The molecule has 1 aliphatic rings. The van der Waals surface area contributed by atoms with E-state index in [2.05, 4.69) is 46.0 Å². The van der Waals surface area contributed by atoms with Gasteiger partial charge in [-0.1, -0.05) is 65.0 Å². The maximum Gasteiger partial charge on any atom is 0.229 e. The van der Waals surface area contributed by atoms with Crippen LogP contribution >= 0.6 is 0 Å². The number of carbonyl (C=O) groups is 2. The number of hydrogen-bond acceptors (Lipinski definition) is 2. The predicted octanol–water partition coefficient (Wildman–Crippen LogP) is 5.41. The summed E-state index contributed by atoms with van der Waals surface area (Å²) in [4.78, 5) is 27.4. The Balaban J connectivity index is 1.75. The van der Waals surface area contributed by atoms with Crippen molar-refractivity contribution in [3.63, 3.8) is 0 Å². The predicted molar refractivity (Wildman–Crippen MR) is 119 cm³/mol. The minimum atomic E-state index is -0.343. The van der Waals surface area contributed by atoms with Gasteiger partial charge in [-0.25, -0.2) is 0 Å². The van der Waals surface area contributed by atoms with Crippen LogP contribution in [0.2, 0.25) is 0 Å². The number of rotatable bonds is 4. The minimum Gasteiger partial charge on any atom is -0.326 e. The number of para-hydroxylation sites is 1. The lowest BCUT2D eigenvalue weighted by molar-refractivity contribution is -0.122.